The molecule has 0 N–H and O–H groups in total. The summed E-state index contributed by atoms with van der Waals surface area (Å²) in [7, 11) is 0. The van der Waals surface area contributed by atoms with Gasteiger partial charge in [-0.1, -0.05) is 0 Å². The number of nitrogens with zero attached hydrogens (tertiary/aromatic N) is 5. The maximum atomic E-state index is 13.0. The lowest BCUT2D eigenvalue weighted by atomic mass is 9.98. The average Bonchev–Trinajstić information content (AvgIpc) is 2.74. The SMILES string of the molecule is Cc1cc(C)n2c(n1)nc(=S)n2CN1CCC[C@@H](C(F)(F)F)C1. The molecule has 0 unspecified atom stereocenters. The average molecular weight is 345 g/mol. The minimum Gasteiger partial charge on any atom is -0.284 e. The fourth-order valence-corrected chi connectivity index (χ4v) is 3.34. The standard InChI is InChI=1S/C14H18F3N5S/c1-9-6-10(2)22-12(18-9)19-13(23)21(22)8-20-5-3-4-11(7-20)14(15,16)17/h6,11H,3-5,7-8H2,1-2H3/t11-/m1/s1. The molecule has 0 saturated carbocycles. The Bertz CT molecular complexity index is 779. The molecule has 3 heterocycles. The molecule has 1 atom stereocenters. The summed E-state index contributed by atoms with van der Waals surface area (Å²) in [5.74, 6) is -0.789. The summed E-state index contributed by atoms with van der Waals surface area (Å²) in [5.41, 5.74) is 1.73. The molecule has 1 fully saturated rings. The molecule has 3 rings (SSSR count). The molecule has 126 valence electrons. The lowest BCUT2D eigenvalue weighted by Crippen LogP contribution is -2.42. The molecular formula is C14H18F3N5S. The Morgan fingerprint density at radius 1 is 1.30 bits per heavy atom. The fourth-order valence-electron chi connectivity index (χ4n) is 3.12. The van der Waals surface area contributed by atoms with Gasteiger partial charge in [0.05, 0.1) is 12.6 Å². The highest BCUT2D eigenvalue weighted by molar-refractivity contribution is 7.71. The van der Waals surface area contributed by atoms with Gasteiger partial charge in [0, 0.05) is 17.9 Å². The van der Waals surface area contributed by atoms with Crippen LogP contribution in [0.3, 0.4) is 0 Å². The van der Waals surface area contributed by atoms with Crippen molar-refractivity contribution >= 4 is 18.0 Å². The Balaban J connectivity index is 1.90. The van der Waals surface area contributed by atoms with Crippen molar-refractivity contribution < 1.29 is 13.2 Å². The summed E-state index contributed by atoms with van der Waals surface area (Å²) in [5, 5.41) is 0. The zero-order chi connectivity index (χ0) is 16.8. The van der Waals surface area contributed by atoms with E-state index in [1.807, 2.05) is 19.9 Å². The molecule has 9 heteroatoms. The van der Waals surface area contributed by atoms with Crippen LogP contribution in [0, 0.1) is 24.5 Å². The van der Waals surface area contributed by atoms with E-state index in [-0.39, 0.29) is 19.6 Å². The van der Waals surface area contributed by atoms with E-state index in [2.05, 4.69) is 9.97 Å². The zero-order valence-electron chi connectivity index (χ0n) is 13.0. The number of fused-ring (bicyclic) bond motifs is 1. The third-order valence-corrected chi connectivity index (χ3v) is 4.48. The van der Waals surface area contributed by atoms with E-state index in [0.29, 0.717) is 23.5 Å². The van der Waals surface area contributed by atoms with Crippen LogP contribution in [0.5, 0.6) is 0 Å². The molecule has 0 amide bonds. The van der Waals surface area contributed by atoms with Crippen molar-refractivity contribution in [3.8, 4) is 0 Å². The van der Waals surface area contributed by atoms with Gasteiger partial charge in [0.2, 0.25) is 4.77 Å². The van der Waals surface area contributed by atoms with E-state index >= 15 is 0 Å². The van der Waals surface area contributed by atoms with Crippen molar-refractivity contribution in [3.05, 3.63) is 22.2 Å². The van der Waals surface area contributed by atoms with Crippen LogP contribution in [-0.4, -0.2) is 43.3 Å². The highest BCUT2D eigenvalue weighted by atomic mass is 32.1. The molecule has 5 nitrogen and oxygen atoms in total. The number of hydrogen-bond donors (Lipinski definition) is 0. The number of likely N-dealkylation sites (tertiary alicyclic amines) is 1. The van der Waals surface area contributed by atoms with Crippen molar-refractivity contribution in [1.29, 1.82) is 0 Å². The Labute approximate surface area is 136 Å². The third kappa shape index (κ3) is 3.25. The van der Waals surface area contributed by atoms with E-state index in [1.165, 1.54) is 0 Å². The summed E-state index contributed by atoms with van der Waals surface area (Å²) in [6.07, 6.45) is -3.42. The number of aryl methyl sites for hydroxylation is 2. The van der Waals surface area contributed by atoms with Crippen molar-refractivity contribution in [2.75, 3.05) is 13.1 Å². The molecule has 2 aromatic rings. The van der Waals surface area contributed by atoms with Gasteiger partial charge in [-0.25, -0.2) is 14.2 Å². The second-order valence-corrected chi connectivity index (χ2v) is 6.41. The van der Waals surface area contributed by atoms with Crippen LogP contribution in [0.4, 0.5) is 13.2 Å². The van der Waals surface area contributed by atoms with Crippen LogP contribution in [-0.2, 0) is 6.67 Å². The molecule has 1 saturated heterocycles. The first-order chi connectivity index (χ1) is 10.8. The topological polar surface area (TPSA) is 38.4 Å². The van der Waals surface area contributed by atoms with Gasteiger partial charge in [-0.15, -0.1) is 0 Å². The molecule has 23 heavy (non-hydrogen) atoms. The predicted octanol–water partition coefficient (Wildman–Crippen LogP) is 3.11. The Kier molecular flexibility index (Phi) is 4.18. The normalized spacial score (nSPS) is 20.3. The third-order valence-electron chi connectivity index (χ3n) is 4.18. The van der Waals surface area contributed by atoms with E-state index < -0.39 is 12.1 Å². The zero-order valence-corrected chi connectivity index (χ0v) is 13.8. The van der Waals surface area contributed by atoms with Crippen LogP contribution in [0.15, 0.2) is 6.07 Å². The van der Waals surface area contributed by atoms with Gasteiger partial charge in [0.1, 0.15) is 0 Å². The molecule has 0 aromatic carbocycles. The number of alkyl halides is 3. The number of hydrogen-bond acceptors (Lipinski definition) is 4. The first kappa shape index (κ1) is 16.4. The number of aromatic nitrogens is 4. The Hall–Kier alpha value is -1.48. The molecule has 0 spiro atoms. The van der Waals surface area contributed by atoms with E-state index in [4.69, 9.17) is 12.2 Å². The number of rotatable bonds is 2. The number of halogens is 3. The minimum atomic E-state index is -4.14. The first-order valence-corrected chi connectivity index (χ1v) is 7.89. The van der Waals surface area contributed by atoms with E-state index in [1.54, 1.807) is 14.1 Å². The van der Waals surface area contributed by atoms with Gasteiger partial charge in [-0.05, 0) is 51.5 Å². The molecule has 1 aliphatic rings. The van der Waals surface area contributed by atoms with Crippen LogP contribution in [0.25, 0.3) is 5.78 Å². The smallest absolute Gasteiger partial charge is 0.284 e. The highest BCUT2D eigenvalue weighted by Gasteiger charge is 2.41. The van der Waals surface area contributed by atoms with Gasteiger partial charge in [-0.3, -0.25) is 4.90 Å². The largest absolute Gasteiger partial charge is 0.393 e. The fraction of sp³-hybridized carbons (Fsp3) is 0.643. The van der Waals surface area contributed by atoms with E-state index in [9.17, 15) is 13.2 Å². The van der Waals surface area contributed by atoms with Gasteiger partial charge in [0.15, 0.2) is 0 Å². The summed E-state index contributed by atoms with van der Waals surface area (Å²) < 4.78 is 42.7. The van der Waals surface area contributed by atoms with Gasteiger partial charge in [-0.2, -0.15) is 18.2 Å². The number of piperidine rings is 1. The summed E-state index contributed by atoms with van der Waals surface area (Å²) in [6.45, 7) is 4.69. The van der Waals surface area contributed by atoms with Crippen LogP contribution in [0.2, 0.25) is 0 Å². The molecule has 2 aromatic heterocycles. The van der Waals surface area contributed by atoms with Crippen molar-refractivity contribution in [3.63, 3.8) is 0 Å². The van der Waals surface area contributed by atoms with Crippen molar-refractivity contribution in [2.24, 2.45) is 5.92 Å². The first-order valence-electron chi connectivity index (χ1n) is 7.48. The van der Waals surface area contributed by atoms with Gasteiger partial charge >= 0.3 is 6.18 Å². The molecule has 0 radical (unpaired) electrons. The second kappa shape index (κ2) is 5.86. The quantitative estimate of drug-likeness (QED) is 0.784. The maximum absolute atomic E-state index is 13.0. The molecule has 0 bridgehead atoms. The van der Waals surface area contributed by atoms with Crippen molar-refractivity contribution in [1.82, 2.24) is 24.1 Å². The molecule has 1 aliphatic heterocycles. The van der Waals surface area contributed by atoms with Crippen LogP contribution < -0.4 is 0 Å². The van der Waals surface area contributed by atoms with E-state index in [0.717, 1.165) is 11.4 Å². The lowest BCUT2D eigenvalue weighted by molar-refractivity contribution is -0.188. The summed E-state index contributed by atoms with van der Waals surface area (Å²) in [6, 6.07) is 1.90. The highest BCUT2D eigenvalue weighted by Crippen LogP contribution is 2.33. The van der Waals surface area contributed by atoms with Gasteiger partial charge in [0.25, 0.3) is 5.78 Å². The summed E-state index contributed by atoms with van der Waals surface area (Å²) >= 11 is 5.27. The van der Waals surface area contributed by atoms with Crippen LogP contribution >= 0.6 is 12.2 Å². The Morgan fingerprint density at radius 2 is 2.04 bits per heavy atom. The Morgan fingerprint density at radius 3 is 2.74 bits per heavy atom. The lowest BCUT2D eigenvalue weighted by Gasteiger charge is -2.33. The van der Waals surface area contributed by atoms with Gasteiger partial charge < -0.3 is 0 Å². The molecule has 0 aliphatic carbocycles. The summed E-state index contributed by atoms with van der Waals surface area (Å²) in [4.78, 5) is 10.4. The monoisotopic (exact) mass is 345 g/mol. The predicted molar refractivity (Wildman–Crippen MR) is 81.6 cm³/mol. The molecular weight excluding hydrogens is 327 g/mol. The van der Waals surface area contributed by atoms with Crippen molar-refractivity contribution in [2.45, 2.75) is 39.5 Å². The second-order valence-electron chi connectivity index (χ2n) is 6.04. The maximum Gasteiger partial charge on any atom is 0.393 e. The van der Waals surface area contributed by atoms with Crippen LogP contribution in [0.1, 0.15) is 24.2 Å². The minimum absolute atomic E-state index is 0.00313.